The van der Waals surface area contributed by atoms with Crippen LogP contribution in [0, 0.1) is 0 Å². The lowest BCUT2D eigenvalue weighted by Gasteiger charge is -2.25. The Balaban J connectivity index is 1.96. The Bertz CT molecular complexity index is 876. The fourth-order valence-corrected chi connectivity index (χ4v) is 3.07. The van der Waals surface area contributed by atoms with E-state index in [-0.39, 0.29) is 6.61 Å². The van der Waals surface area contributed by atoms with Crippen molar-refractivity contribution >= 4 is 5.97 Å². The molecule has 0 amide bonds. The third-order valence-electron chi connectivity index (χ3n) is 4.38. The molecule has 0 unspecified atom stereocenters. The molecule has 5 heteroatoms. The second-order valence-corrected chi connectivity index (χ2v) is 6.24. The second-order valence-electron chi connectivity index (χ2n) is 6.24. The van der Waals surface area contributed by atoms with Crippen LogP contribution in [-0.4, -0.2) is 23.5 Å². The highest BCUT2D eigenvalue weighted by atomic mass is 19.3. The summed E-state index contributed by atoms with van der Waals surface area (Å²) in [7, 11) is 0. The smallest absolute Gasteiger partial charge is 0.376 e. The summed E-state index contributed by atoms with van der Waals surface area (Å²) in [6.07, 6.45) is 1.03. The Morgan fingerprint density at radius 2 is 2.04 bits per heavy atom. The molecule has 0 saturated heterocycles. The molecule has 3 rings (SSSR count). The second kappa shape index (κ2) is 8.16. The van der Waals surface area contributed by atoms with E-state index >= 15 is 0 Å². The molecule has 0 radical (unpaired) electrons. The van der Waals surface area contributed by atoms with E-state index in [1.54, 1.807) is 36.5 Å². The Morgan fingerprint density at radius 1 is 1.19 bits per heavy atom. The summed E-state index contributed by atoms with van der Waals surface area (Å²) in [6.45, 7) is 1.43. The van der Waals surface area contributed by atoms with Gasteiger partial charge in [-0.25, -0.2) is 16.9 Å². The number of ether oxygens (including phenoxy) is 1. The quantitative estimate of drug-likeness (QED) is 0.426. The maximum Gasteiger partial charge on any atom is 0.376 e. The van der Waals surface area contributed by atoms with Crippen molar-refractivity contribution in [3.8, 4) is 11.3 Å². The van der Waals surface area contributed by atoms with E-state index in [1.807, 2.05) is 36.4 Å². The van der Waals surface area contributed by atoms with Gasteiger partial charge >= 0.3 is 11.9 Å². The average Bonchev–Trinajstić information content (AvgIpc) is 3.22. The molecule has 0 aliphatic carbocycles. The summed E-state index contributed by atoms with van der Waals surface area (Å²) in [5.74, 6) is -5.69. The third kappa shape index (κ3) is 4.42. The SMILES string of the molecule is CCOC(=O)C(F)(F)C[C@H](c1cccc(-c2ccccn2)c1)c1ccc[cH-]1. The van der Waals surface area contributed by atoms with E-state index in [9.17, 15) is 13.6 Å². The summed E-state index contributed by atoms with van der Waals surface area (Å²) >= 11 is 0. The minimum absolute atomic E-state index is 0.0787. The fraction of sp³-hybridized carbons (Fsp3) is 0.227. The Labute approximate surface area is 157 Å². The molecule has 3 aromatic rings. The van der Waals surface area contributed by atoms with Gasteiger partial charge in [0.05, 0.1) is 12.3 Å². The lowest BCUT2D eigenvalue weighted by atomic mass is 9.86. The first-order valence-corrected chi connectivity index (χ1v) is 8.79. The molecule has 0 N–H and O–H groups in total. The topological polar surface area (TPSA) is 39.2 Å². The largest absolute Gasteiger partial charge is 0.462 e. The standard InChI is InChI=1S/C22H20F2NO2/c1-2-27-21(26)22(23,24)15-19(16-8-3-4-9-16)17-10-7-11-18(14-17)20-12-5-6-13-25-20/h3-14,19H,2,15H2,1H3/q-1/t19-/m0/s1. The highest BCUT2D eigenvalue weighted by Gasteiger charge is 2.42. The van der Waals surface area contributed by atoms with Gasteiger partial charge in [0.25, 0.3) is 0 Å². The molecule has 27 heavy (non-hydrogen) atoms. The first kappa shape index (κ1) is 18.8. The number of carbonyl (C=O) groups excluding carboxylic acids is 1. The zero-order valence-corrected chi connectivity index (χ0v) is 14.9. The van der Waals surface area contributed by atoms with Crippen molar-refractivity contribution in [2.45, 2.75) is 25.2 Å². The van der Waals surface area contributed by atoms with Gasteiger partial charge in [-0.2, -0.15) is 26.5 Å². The van der Waals surface area contributed by atoms with Gasteiger partial charge in [0.15, 0.2) is 0 Å². The first-order valence-electron chi connectivity index (χ1n) is 8.79. The van der Waals surface area contributed by atoms with Crippen molar-refractivity contribution in [1.29, 1.82) is 0 Å². The van der Waals surface area contributed by atoms with Crippen LogP contribution in [0.15, 0.2) is 72.9 Å². The molecule has 0 aliphatic heterocycles. The molecule has 0 bridgehead atoms. The zero-order valence-electron chi connectivity index (χ0n) is 14.9. The Morgan fingerprint density at radius 3 is 2.70 bits per heavy atom. The van der Waals surface area contributed by atoms with Crippen LogP contribution in [0.3, 0.4) is 0 Å². The van der Waals surface area contributed by atoms with Crippen LogP contribution in [0.25, 0.3) is 11.3 Å². The van der Waals surface area contributed by atoms with Gasteiger partial charge in [-0.05, 0) is 36.6 Å². The van der Waals surface area contributed by atoms with E-state index in [4.69, 9.17) is 0 Å². The summed E-state index contributed by atoms with van der Waals surface area (Å²) in [5, 5.41) is 0. The van der Waals surface area contributed by atoms with Gasteiger partial charge < -0.3 is 4.74 Å². The van der Waals surface area contributed by atoms with Gasteiger partial charge in [-0.15, -0.1) is 0 Å². The van der Waals surface area contributed by atoms with E-state index in [1.165, 1.54) is 6.92 Å². The number of hydrogen-bond acceptors (Lipinski definition) is 3. The molecule has 1 heterocycles. The number of rotatable bonds is 7. The number of benzene rings is 1. The maximum atomic E-state index is 14.5. The molecule has 1 aromatic heterocycles. The van der Waals surface area contributed by atoms with Crippen LogP contribution in [0.4, 0.5) is 8.78 Å². The van der Waals surface area contributed by atoms with Crippen LogP contribution in [0.2, 0.25) is 0 Å². The lowest BCUT2D eigenvalue weighted by Crippen LogP contribution is -2.33. The average molecular weight is 368 g/mol. The van der Waals surface area contributed by atoms with Crippen LogP contribution in [0.5, 0.6) is 0 Å². The van der Waals surface area contributed by atoms with Gasteiger partial charge in [0, 0.05) is 18.2 Å². The molecule has 0 saturated carbocycles. The Hall–Kier alpha value is -2.95. The van der Waals surface area contributed by atoms with Gasteiger partial charge in [0.1, 0.15) is 0 Å². The zero-order chi connectivity index (χ0) is 19.3. The molecule has 2 aromatic carbocycles. The predicted octanol–water partition coefficient (Wildman–Crippen LogP) is 5.19. The van der Waals surface area contributed by atoms with E-state index in [0.29, 0.717) is 5.56 Å². The summed E-state index contributed by atoms with van der Waals surface area (Å²) in [5.41, 5.74) is 3.03. The van der Waals surface area contributed by atoms with E-state index in [2.05, 4.69) is 9.72 Å². The highest BCUT2D eigenvalue weighted by Crippen LogP contribution is 2.37. The fourth-order valence-electron chi connectivity index (χ4n) is 3.07. The summed E-state index contributed by atoms with van der Waals surface area (Å²) < 4.78 is 33.5. The number of carbonyl (C=O) groups is 1. The van der Waals surface area contributed by atoms with Crippen molar-refractivity contribution in [3.05, 3.63) is 84.1 Å². The van der Waals surface area contributed by atoms with Crippen LogP contribution in [-0.2, 0) is 9.53 Å². The van der Waals surface area contributed by atoms with Crippen LogP contribution in [0.1, 0.15) is 30.4 Å². The molecule has 1 atom stereocenters. The van der Waals surface area contributed by atoms with E-state index < -0.39 is 24.2 Å². The minimum atomic E-state index is -3.57. The third-order valence-corrected chi connectivity index (χ3v) is 4.38. The number of hydrogen-bond donors (Lipinski definition) is 0. The lowest BCUT2D eigenvalue weighted by molar-refractivity contribution is -0.172. The van der Waals surface area contributed by atoms with Crippen molar-refractivity contribution in [3.63, 3.8) is 0 Å². The molecule has 140 valence electrons. The van der Waals surface area contributed by atoms with Crippen molar-refractivity contribution < 1.29 is 18.3 Å². The number of alkyl halides is 2. The van der Waals surface area contributed by atoms with Gasteiger partial charge in [-0.3, -0.25) is 4.98 Å². The van der Waals surface area contributed by atoms with Crippen LogP contribution < -0.4 is 0 Å². The highest BCUT2D eigenvalue weighted by molar-refractivity contribution is 5.77. The maximum absolute atomic E-state index is 14.5. The number of aromatic nitrogens is 1. The van der Waals surface area contributed by atoms with Crippen LogP contribution >= 0.6 is 0 Å². The molecule has 0 aliphatic rings. The number of esters is 1. The molecule has 0 fully saturated rings. The molecular formula is C22H20F2NO2-. The minimum Gasteiger partial charge on any atom is -0.462 e. The predicted molar refractivity (Wildman–Crippen MR) is 99.7 cm³/mol. The van der Waals surface area contributed by atoms with Crippen molar-refractivity contribution in [2.24, 2.45) is 0 Å². The van der Waals surface area contributed by atoms with Gasteiger partial charge in [-0.1, -0.05) is 24.3 Å². The van der Waals surface area contributed by atoms with Crippen molar-refractivity contribution in [2.75, 3.05) is 6.61 Å². The molecule has 0 spiro atoms. The monoisotopic (exact) mass is 368 g/mol. The number of nitrogens with zero attached hydrogens (tertiary/aromatic N) is 1. The van der Waals surface area contributed by atoms with E-state index in [0.717, 1.165) is 16.8 Å². The number of halogens is 2. The summed E-state index contributed by atoms with van der Waals surface area (Å²) in [6, 6.07) is 20.1. The first-order chi connectivity index (χ1) is 13.0. The Kier molecular flexibility index (Phi) is 5.69. The summed E-state index contributed by atoms with van der Waals surface area (Å²) in [4.78, 5) is 16.0. The molecular weight excluding hydrogens is 348 g/mol. The molecule has 3 nitrogen and oxygen atoms in total. The number of pyridine rings is 1. The normalized spacial score (nSPS) is 12.6. The van der Waals surface area contributed by atoms with Crippen molar-refractivity contribution in [1.82, 2.24) is 4.98 Å². The van der Waals surface area contributed by atoms with Gasteiger partial charge in [0.2, 0.25) is 0 Å².